The number of H-pyrrole nitrogens is 1. The zero-order valence-corrected chi connectivity index (χ0v) is 21.9. The molecule has 182 valence electrons. The maximum Gasteiger partial charge on any atom is 0.240 e. The number of nitrogens with zero attached hydrogens (tertiary/aromatic N) is 2. The van der Waals surface area contributed by atoms with Crippen LogP contribution in [0.4, 0.5) is 5.69 Å². The van der Waals surface area contributed by atoms with E-state index in [2.05, 4.69) is 112 Å². The average Bonchev–Trinajstić information content (AvgIpc) is 3.58. The molecule has 5 heteroatoms. The van der Waals surface area contributed by atoms with Crippen LogP contribution in [0.15, 0.2) is 71.6 Å². The molecule has 1 fully saturated rings. The highest BCUT2D eigenvalue weighted by molar-refractivity contribution is 7.98. The van der Waals surface area contributed by atoms with Crippen LogP contribution in [0.5, 0.6) is 0 Å². The monoisotopic (exact) mass is 493 g/mol. The third-order valence-electron chi connectivity index (χ3n) is 7.43. The van der Waals surface area contributed by atoms with Gasteiger partial charge in [-0.05, 0) is 73.6 Å². The van der Waals surface area contributed by atoms with Gasteiger partial charge in [0, 0.05) is 24.1 Å². The summed E-state index contributed by atoms with van der Waals surface area (Å²) in [5, 5.41) is 6.34. The van der Waals surface area contributed by atoms with E-state index < -0.39 is 0 Å². The highest BCUT2D eigenvalue weighted by Gasteiger charge is 2.23. The summed E-state index contributed by atoms with van der Waals surface area (Å²) in [5.41, 5.74) is 8.46. The van der Waals surface area contributed by atoms with Crippen molar-refractivity contribution >= 4 is 62.4 Å². The van der Waals surface area contributed by atoms with Crippen LogP contribution in [-0.4, -0.2) is 42.3 Å². The second kappa shape index (κ2) is 10.00. The summed E-state index contributed by atoms with van der Waals surface area (Å²) in [7, 11) is 2.19. The van der Waals surface area contributed by atoms with Gasteiger partial charge in [0.2, 0.25) is 11.0 Å². The second-order valence-electron chi connectivity index (χ2n) is 9.69. The van der Waals surface area contributed by atoms with Crippen molar-refractivity contribution < 1.29 is 4.57 Å². The smallest absolute Gasteiger partial charge is 0.240 e. The molecular formula is C31H33N4S+. The van der Waals surface area contributed by atoms with Crippen molar-refractivity contribution in [2.75, 3.05) is 37.8 Å². The number of rotatable bonds is 7. The molecule has 0 amide bonds. The molecule has 2 N–H and O–H groups in total. The van der Waals surface area contributed by atoms with E-state index in [1.54, 1.807) is 11.8 Å². The van der Waals surface area contributed by atoms with Crippen molar-refractivity contribution in [2.45, 2.75) is 17.7 Å². The Bertz CT molecular complexity index is 1560. The van der Waals surface area contributed by atoms with Crippen LogP contribution in [0.25, 0.3) is 45.0 Å². The summed E-state index contributed by atoms with van der Waals surface area (Å²) in [6.07, 6.45) is 9.18. The Hall–Kier alpha value is -3.28. The van der Waals surface area contributed by atoms with Crippen LogP contribution in [0.2, 0.25) is 0 Å². The van der Waals surface area contributed by atoms with E-state index in [-0.39, 0.29) is 0 Å². The molecule has 5 aromatic rings. The molecule has 36 heavy (non-hydrogen) atoms. The molecule has 2 aromatic heterocycles. The Kier molecular flexibility index (Phi) is 6.43. The lowest BCUT2D eigenvalue weighted by atomic mass is 10.1. The minimum absolute atomic E-state index is 0.945. The number of likely N-dealkylation sites (tertiary alicyclic amines) is 1. The van der Waals surface area contributed by atoms with E-state index in [0.717, 1.165) is 13.1 Å². The SMILES string of the molecule is CSc1ccc(/C=C/c2ccc3c(NCCN4CCCC4)c4[nH]c5ccccc5c4[n+](C)c3c2)cc1. The van der Waals surface area contributed by atoms with E-state index in [0.29, 0.717) is 0 Å². The molecule has 3 aromatic carbocycles. The third kappa shape index (κ3) is 4.38. The van der Waals surface area contributed by atoms with Crippen LogP contribution in [0.1, 0.15) is 24.0 Å². The standard InChI is InChI=1S/C31H32N4S/c1-34-28-21-23(10-9-22-11-14-24(36-2)15-12-22)13-16-26(28)29(32-17-20-35-18-5-6-19-35)30-31(34)25-7-3-4-8-27(25)33-30/h3-4,7-16,21H,5-6,17-20H2,1-2H3,(H,32,33)/p+1/b10-9+. The van der Waals surface area contributed by atoms with Crippen LogP contribution in [0.3, 0.4) is 0 Å². The number of para-hydroxylation sites is 1. The summed E-state index contributed by atoms with van der Waals surface area (Å²) < 4.78 is 2.35. The van der Waals surface area contributed by atoms with Gasteiger partial charge in [0.05, 0.1) is 22.0 Å². The van der Waals surface area contributed by atoms with Crippen LogP contribution >= 0.6 is 11.8 Å². The predicted molar refractivity (Wildman–Crippen MR) is 156 cm³/mol. The summed E-state index contributed by atoms with van der Waals surface area (Å²) in [6, 6.07) is 24.2. The molecule has 4 nitrogen and oxygen atoms in total. The van der Waals surface area contributed by atoms with E-state index in [1.165, 1.54) is 80.5 Å². The molecule has 0 bridgehead atoms. The third-order valence-corrected chi connectivity index (χ3v) is 8.17. The molecule has 1 aliphatic heterocycles. The number of hydrogen-bond donors (Lipinski definition) is 2. The number of aromatic amines is 1. The Labute approximate surface area is 217 Å². The maximum atomic E-state index is 3.83. The zero-order chi connectivity index (χ0) is 24.5. The van der Waals surface area contributed by atoms with Crippen molar-refractivity contribution in [1.29, 1.82) is 0 Å². The Morgan fingerprint density at radius 3 is 2.50 bits per heavy atom. The van der Waals surface area contributed by atoms with Gasteiger partial charge in [0.1, 0.15) is 12.6 Å². The minimum atomic E-state index is 0.945. The lowest BCUT2D eigenvalue weighted by Crippen LogP contribution is -2.31. The fraction of sp³-hybridized carbons (Fsp3) is 0.258. The van der Waals surface area contributed by atoms with Gasteiger partial charge in [-0.15, -0.1) is 11.8 Å². The molecule has 0 unspecified atom stereocenters. The number of aromatic nitrogens is 2. The Morgan fingerprint density at radius 2 is 1.69 bits per heavy atom. The van der Waals surface area contributed by atoms with Gasteiger partial charge >= 0.3 is 0 Å². The van der Waals surface area contributed by atoms with Crippen molar-refractivity contribution in [3.8, 4) is 0 Å². The van der Waals surface area contributed by atoms with E-state index in [9.17, 15) is 0 Å². The molecule has 3 heterocycles. The number of nitrogens with one attached hydrogen (secondary N) is 2. The molecular weight excluding hydrogens is 460 g/mol. The van der Waals surface area contributed by atoms with Crippen molar-refractivity contribution in [1.82, 2.24) is 9.88 Å². The van der Waals surface area contributed by atoms with Gasteiger partial charge < -0.3 is 15.2 Å². The van der Waals surface area contributed by atoms with Gasteiger partial charge in [-0.25, -0.2) is 0 Å². The molecule has 1 aliphatic rings. The number of hydrogen-bond acceptors (Lipinski definition) is 3. The van der Waals surface area contributed by atoms with Gasteiger partial charge in [-0.1, -0.05) is 42.5 Å². The lowest BCUT2D eigenvalue weighted by molar-refractivity contribution is -0.616. The quantitative estimate of drug-likeness (QED) is 0.150. The van der Waals surface area contributed by atoms with Crippen molar-refractivity contribution in [2.24, 2.45) is 7.05 Å². The number of anilines is 1. The van der Waals surface area contributed by atoms with E-state index in [4.69, 9.17) is 0 Å². The second-order valence-corrected chi connectivity index (χ2v) is 10.6. The van der Waals surface area contributed by atoms with Gasteiger partial charge in [-0.3, -0.25) is 0 Å². The largest absolute Gasteiger partial charge is 0.381 e. The fourth-order valence-corrected chi connectivity index (χ4v) is 5.90. The summed E-state index contributed by atoms with van der Waals surface area (Å²) in [5.74, 6) is 0. The molecule has 6 rings (SSSR count). The lowest BCUT2D eigenvalue weighted by Gasteiger charge is -2.16. The first-order chi connectivity index (χ1) is 17.7. The fourth-order valence-electron chi connectivity index (χ4n) is 5.49. The normalized spacial score (nSPS) is 14.6. The first-order valence-corrected chi connectivity index (χ1v) is 14.1. The number of aryl methyl sites for hydroxylation is 1. The molecule has 0 atom stereocenters. The topological polar surface area (TPSA) is 34.9 Å². The first-order valence-electron chi connectivity index (χ1n) is 12.9. The van der Waals surface area contributed by atoms with Gasteiger partial charge in [0.15, 0.2) is 0 Å². The molecule has 1 saturated heterocycles. The first kappa shape index (κ1) is 23.1. The van der Waals surface area contributed by atoms with E-state index >= 15 is 0 Å². The van der Waals surface area contributed by atoms with Crippen molar-refractivity contribution in [3.05, 3.63) is 77.9 Å². The Balaban J connectivity index is 1.42. The van der Waals surface area contributed by atoms with Crippen molar-refractivity contribution in [3.63, 3.8) is 0 Å². The van der Waals surface area contributed by atoms with Gasteiger partial charge in [-0.2, -0.15) is 4.57 Å². The summed E-state index contributed by atoms with van der Waals surface area (Å²) in [4.78, 5) is 7.57. The average molecular weight is 494 g/mol. The molecule has 0 saturated carbocycles. The van der Waals surface area contributed by atoms with Gasteiger partial charge in [0.25, 0.3) is 0 Å². The predicted octanol–water partition coefficient (Wildman–Crippen LogP) is 6.70. The summed E-state index contributed by atoms with van der Waals surface area (Å²) in [6.45, 7) is 4.48. The number of pyridine rings is 1. The summed E-state index contributed by atoms with van der Waals surface area (Å²) >= 11 is 1.77. The molecule has 0 radical (unpaired) electrons. The van der Waals surface area contributed by atoms with Crippen LogP contribution in [0, 0.1) is 0 Å². The number of thioether (sulfide) groups is 1. The molecule has 0 spiro atoms. The van der Waals surface area contributed by atoms with E-state index in [1.807, 2.05) is 0 Å². The number of fused-ring (bicyclic) bond motifs is 4. The molecule has 0 aliphatic carbocycles. The highest BCUT2D eigenvalue weighted by atomic mass is 32.2. The minimum Gasteiger partial charge on any atom is -0.381 e. The van der Waals surface area contributed by atoms with Crippen LogP contribution in [-0.2, 0) is 7.05 Å². The zero-order valence-electron chi connectivity index (χ0n) is 21.1. The Morgan fingerprint density at radius 1 is 0.944 bits per heavy atom. The maximum absolute atomic E-state index is 3.83. The van der Waals surface area contributed by atoms with Crippen LogP contribution < -0.4 is 9.88 Å². The number of benzene rings is 3. The highest BCUT2D eigenvalue weighted by Crippen LogP contribution is 2.34.